The fraction of sp³-hybridized carbons (Fsp3) is 1.00. The van der Waals surface area contributed by atoms with Crippen LogP contribution in [-0.4, -0.2) is 51.3 Å². The van der Waals surface area contributed by atoms with E-state index in [4.69, 9.17) is 5.73 Å². The maximum Gasteiger partial charge on any atom is 0.211 e. The predicted molar refractivity (Wildman–Crippen MR) is 61.1 cm³/mol. The lowest BCUT2D eigenvalue weighted by Crippen LogP contribution is -2.43. The molecule has 1 fully saturated rings. The molecule has 1 aliphatic heterocycles. The average molecular weight is 235 g/mol. The summed E-state index contributed by atoms with van der Waals surface area (Å²) in [6, 6.07) is 0.327. The smallest absolute Gasteiger partial charge is 0.211 e. The first-order valence-corrected chi connectivity index (χ1v) is 7.14. The third kappa shape index (κ3) is 4.92. The average Bonchev–Trinajstić information content (AvgIpc) is 2.21. The summed E-state index contributed by atoms with van der Waals surface area (Å²) in [5.41, 5.74) is 5.78. The van der Waals surface area contributed by atoms with Crippen LogP contribution < -0.4 is 10.5 Å². The molecule has 1 rings (SSSR count). The molecule has 15 heavy (non-hydrogen) atoms. The monoisotopic (exact) mass is 235 g/mol. The van der Waals surface area contributed by atoms with Gasteiger partial charge in [0.2, 0.25) is 10.0 Å². The van der Waals surface area contributed by atoms with Gasteiger partial charge in [-0.15, -0.1) is 0 Å². The SMILES string of the molecule is CCS(=O)(=O)NCCN1CCC(N)CC1. The molecule has 90 valence electrons. The van der Waals surface area contributed by atoms with Gasteiger partial charge in [-0.05, 0) is 32.9 Å². The summed E-state index contributed by atoms with van der Waals surface area (Å²) in [5.74, 6) is 0.151. The first-order valence-electron chi connectivity index (χ1n) is 5.49. The van der Waals surface area contributed by atoms with Crippen molar-refractivity contribution >= 4 is 10.0 Å². The summed E-state index contributed by atoms with van der Waals surface area (Å²) in [4.78, 5) is 2.25. The second kappa shape index (κ2) is 5.79. The van der Waals surface area contributed by atoms with Gasteiger partial charge in [-0.25, -0.2) is 13.1 Å². The van der Waals surface area contributed by atoms with Crippen molar-refractivity contribution in [2.24, 2.45) is 5.73 Å². The summed E-state index contributed by atoms with van der Waals surface area (Å²) in [5, 5.41) is 0. The van der Waals surface area contributed by atoms with E-state index in [-0.39, 0.29) is 5.75 Å². The number of hydrogen-bond donors (Lipinski definition) is 2. The lowest BCUT2D eigenvalue weighted by Gasteiger charge is -2.29. The van der Waals surface area contributed by atoms with Crippen LogP contribution in [0.1, 0.15) is 19.8 Å². The maximum atomic E-state index is 11.1. The van der Waals surface area contributed by atoms with E-state index in [9.17, 15) is 8.42 Å². The minimum absolute atomic E-state index is 0.151. The molecule has 0 atom stereocenters. The van der Waals surface area contributed by atoms with E-state index in [1.165, 1.54) is 0 Å². The summed E-state index contributed by atoms with van der Waals surface area (Å²) in [6.45, 7) is 4.89. The number of hydrogen-bond acceptors (Lipinski definition) is 4. The molecule has 0 saturated carbocycles. The topological polar surface area (TPSA) is 75.4 Å². The zero-order valence-electron chi connectivity index (χ0n) is 9.28. The Labute approximate surface area is 92.1 Å². The highest BCUT2D eigenvalue weighted by atomic mass is 32.2. The summed E-state index contributed by atoms with van der Waals surface area (Å²) < 4.78 is 24.9. The van der Waals surface area contributed by atoms with E-state index in [2.05, 4.69) is 9.62 Å². The number of nitrogens with one attached hydrogen (secondary N) is 1. The quantitative estimate of drug-likeness (QED) is 0.664. The van der Waals surface area contributed by atoms with Crippen molar-refractivity contribution in [2.45, 2.75) is 25.8 Å². The molecule has 0 aromatic heterocycles. The fourth-order valence-corrected chi connectivity index (χ4v) is 2.24. The van der Waals surface area contributed by atoms with Crippen LogP contribution in [0, 0.1) is 0 Å². The van der Waals surface area contributed by atoms with Gasteiger partial charge < -0.3 is 10.6 Å². The third-order valence-corrected chi connectivity index (χ3v) is 4.17. The largest absolute Gasteiger partial charge is 0.328 e. The van der Waals surface area contributed by atoms with Gasteiger partial charge in [0.25, 0.3) is 0 Å². The van der Waals surface area contributed by atoms with Crippen molar-refractivity contribution in [1.82, 2.24) is 9.62 Å². The van der Waals surface area contributed by atoms with Gasteiger partial charge in [-0.3, -0.25) is 0 Å². The minimum atomic E-state index is -3.03. The third-order valence-electron chi connectivity index (χ3n) is 2.76. The van der Waals surface area contributed by atoms with Crippen LogP contribution in [-0.2, 0) is 10.0 Å². The maximum absolute atomic E-state index is 11.1. The molecule has 6 heteroatoms. The second-order valence-corrected chi connectivity index (χ2v) is 6.07. The number of likely N-dealkylation sites (tertiary alicyclic amines) is 1. The van der Waals surface area contributed by atoms with Crippen LogP contribution >= 0.6 is 0 Å². The number of sulfonamides is 1. The van der Waals surface area contributed by atoms with Gasteiger partial charge >= 0.3 is 0 Å². The van der Waals surface area contributed by atoms with E-state index in [0.717, 1.165) is 32.5 Å². The minimum Gasteiger partial charge on any atom is -0.328 e. The van der Waals surface area contributed by atoms with E-state index in [0.29, 0.717) is 12.6 Å². The first kappa shape index (κ1) is 12.9. The molecule has 0 unspecified atom stereocenters. The number of rotatable bonds is 5. The molecule has 0 bridgehead atoms. The Kier molecular flexibility index (Phi) is 4.98. The molecular weight excluding hydrogens is 214 g/mol. The number of nitrogens with zero attached hydrogens (tertiary/aromatic N) is 1. The van der Waals surface area contributed by atoms with Crippen LogP contribution in [0.15, 0.2) is 0 Å². The number of nitrogens with two attached hydrogens (primary N) is 1. The predicted octanol–water partition coefficient (Wildman–Crippen LogP) is -0.651. The van der Waals surface area contributed by atoms with Gasteiger partial charge in [-0.1, -0.05) is 0 Å². The van der Waals surface area contributed by atoms with Gasteiger partial charge in [0.05, 0.1) is 5.75 Å². The van der Waals surface area contributed by atoms with Gasteiger partial charge in [0, 0.05) is 19.1 Å². The normalized spacial score (nSPS) is 20.7. The lowest BCUT2D eigenvalue weighted by atomic mass is 10.1. The Hall–Kier alpha value is -0.170. The Morgan fingerprint density at radius 2 is 2.00 bits per heavy atom. The van der Waals surface area contributed by atoms with Gasteiger partial charge in [-0.2, -0.15) is 0 Å². The van der Waals surface area contributed by atoms with E-state index in [1.807, 2.05) is 0 Å². The van der Waals surface area contributed by atoms with Crippen molar-refractivity contribution in [2.75, 3.05) is 31.9 Å². The molecule has 0 radical (unpaired) electrons. The van der Waals surface area contributed by atoms with Crippen molar-refractivity contribution in [3.63, 3.8) is 0 Å². The van der Waals surface area contributed by atoms with Crippen LogP contribution in [0.2, 0.25) is 0 Å². The van der Waals surface area contributed by atoms with Gasteiger partial charge in [0.1, 0.15) is 0 Å². The molecule has 5 nitrogen and oxygen atoms in total. The highest BCUT2D eigenvalue weighted by Crippen LogP contribution is 2.06. The second-order valence-electron chi connectivity index (χ2n) is 3.98. The van der Waals surface area contributed by atoms with Crippen LogP contribution in [0.4, 0.5) is 0 Å². The molecule has 3 N–H and O–H groups in total. The molecule has 0 spiro atoms. The van der Waals surface area contributed by atoms with E-state index >= 15 is 0 Å². The molecule has 1 aliphatic rings. The zero-order chi connectivity index (χ0) is 11.3. The Bertz CT molecular complexity index is 271. The van der Waals surface area contributed by atoms with E-state index < -0.39 is 10.0 Å². The molecule has 0 aromatic rings. The standard InChI is InChI=1S/C9H21N3O2S/c1-2-15(13,14)11-5-8-12-6-3-9(10)4-7-12/h9,11H,2-8,10H2,1H3. The van der Waals surface area contributed by atoms with Crippen molar-refractivity contribution in [3.05, 3.63) is 0 Å². The molecule has 1 heterocycles. The summed E-state index contributed by atoms with van der Waals surface area (Å²) in [7, 11) is -3.03. The Morgan fingerprint density at radius 1 is 1.40 bits per heavy atom. The lowest BCUT2D eigenvalue weighted by molar-refractivity contribution is 0.217. The van der Waals surface area contributed by atoms with Gasteiger partial charge in [0.15, 0.2) is 0 Å². The Balaban J connectivity index is 2.16. The molecule has 0 aromatic carbocycles. The van der Waals surface area contributed by atoms with Crippen LogP contribution in [0.25, 0.3) is 0 Å². The fourth-order valence-electron chi connectivity index (χ4n) is 1.64. The highest BCUT2D eigenvalue weighted by molar-refractivity contribution is 7.89. The Morgan fingerprint density at radius 3 is 2.53 bits per heavy atom. The van der Waals surface area contributed by atoms with Crippen LogP contribution in [0.3, 0.4) is 0 Å². The number of piperidine rings is 1. The van der Waals surface area contributed by atoms with Crippen molar-refractivity contribution in [1.29, 1.82) is 0 Å². The van der Waals surface area contributed by atoms with E-state index in [1.54, 1.807) is 6.92 Å². The van der Waals surface area contributed by atoms with Crippen molar-refractivity contribution in [3.8, 4) is 0 Å². The first-order chi connectivity index (χ1) is 7.03. The molecule has 0 aliphatic carbocycles. The zero-order valence-corrected chi connectivity index (χ0v) is 10.1. The summed E-state index contributed by atoms with van der Waals surface area (Å²) in [6.07, 6.45) is 2.03. The highest BCUT2D eigenvalue weighted by Gasteiger charge is 2.15. The molecular formula is C9H21N3O2S. The molecule has 0 amide bonds. The molecule has 1 saturated heterocycles. The summed E-state index contributed by atoms with van der Waals surface area (Å²) >= 11 is 0. The van der Waals surface area contributed by atoms with Crippen molar-refractivity contribution < 1.29 is 8.42 Å². The van der Waals surface area contributed by atoms with Crippen LogP contribution in [0.5, 0.6) is 0 Å².